The molecule has 1 rings (SSSR count). The normalized spacial score (nSPS) is 10.6. The van der Waals surface area contributed by atoms with Crippen LogP contribution in [0.4, 0.5) is 5.13 Å². The number of likely N-dealkylation sites (N-methyl/N-ethyl adjacent to an activating group) is 1. The van der Waals surface area contributed by atoms with Crippen LogP contribution in [-0.4, -0.2) is 38.8 Å². The van der Waals surface area contributed by atoms with E-state index in [2.05, 4.69) is 20.6 Å². The zero-order valence-electron chi connectivity index (χ0n) is 9.62. The fourth-order valence-electron chi connectivity index (χ4n) is 1.18. The third-order valence-corrected chi connectivity index (χ3v) is 3.00. The SMILES string of the molecule is CCOCCN(C)c1nc(CNC)cs1. The van der Waals surface area contributed by atoms with Crippen molar-refractivity contribution in [3.05, 3.63) is 11.1 Å². The van der Waals surface area contributed by atoms with E-state index in [4.69, 9.17) is 4.74 Å². The number of thiazole rings is 1. The average molecular weight is 229 g/mol. The Bertz CT molecular complexity index is 277. The quantitative estimate of drug-likeness (QED) is 0.716. The van der Waals surface area contributed by atoms with E-state index >= 15 is 0 Å². The fourth-order valence-corrected chi connectivity index (χ4v) is 1.99. The van der Waals surface area contributed by atoms with Gasteiger partial charge in [-0.2, -0.15) is 0 Å². The summed E-state index contributed by atoms with van der Waals surface area (Å²) in [6.07, 6.45) is 0. The van der Waals surface area contributed by atoms with Gasteiger partial charge in [0.1, 0.15) is 0 Å². The zero-order chi connectivity index (χ0) is 11.1. The molecule has 0 aromatic carbocycles. The molecule has 0 atom stereocenters. The third-order valence-electron chi connectivity index (χ3n) is 2.00. The van der Waals surface area contributed by atoms with Gasteiger partial charge >= 0.3 is 0 Å². The van der Waals surface area contributed by atoms with Crippen LogP contribution in [0.2, 0.25) is 0 Å². The highest BCUT2D eigenvalue weighted by Crippen LogP contribution is 2.18. The van der Waals surface area contributed by atoms with Gasteiger partial charge < -0.3 is 15.0 Å². The number of hydrogen-bond acceptors (Lipinski definition) is 5. The lowest BCUT2D eigenvalue weighted by Gasteiger charge is -2.14. The van der Waals surface area contributed by atoms with Crippen LogP contribution in [0, 0.1) is 0 Å². The Morgan fingerprint density at radius 3 is 3.07 bits per heavy atom. The lowest BCUT2D eigenvalue weighted by atomic mass is 10.5. The number of rotatable bonds is 7. The van der Waals surface area contributed by atoms with E-state index in [1.54, 1.807) is 11.3 Å². The minimum atomic E-state index is 0.758. The van der Waals surface area contributed by atoms with Gasteiger partial charge in [-0.05, 0) is 14.0 Å². The van der Waals surface area contributed by atoms with E-state index < -0.39 is 0 Å². The summed E-state index contributed by atoms with van der Waals surface area (Å²) in [5, 5.41) is 6.23. The van der Waals surface area contributed by atoms with Crippen molar-refractivity contribution in [2.75, 3.05) is 38.8 Å². The Morgan fingerprint density at radius 1 is 1.60 bits per heavy atom. The van der Waals surface area contributed by atoms with E-state index in [0.29, 0.717) is 0 Å². The minimum Gasteiger partial charge on any atom is -0.380 e. The van der Waals surface area contributed by atoms with Gasteiger partial charge in [-0.1, -0.05) is 0 Å². The second-order valence-electron chi connectivity index (χ2n) is 3.27. The second kappa shape index (κ2) is 6.76. The van der Waals surface area contributed by atoms with Gasteiger partial charge in [0, 0.05) is 32.1 Å². The Morgan fingerprint density at radius 2 is 2.40 bits per heavy atom. The molecule has 86 valence electrons. The molecule has 1 N–H and O–H groups in total. The first-order chi connectivity index (χ1) is 7.27. The van der Waals surface area contributed by atoms with E-state index in [1.807, 2.05) is 21.0 Å². The van der Waals surface area contributed by atoms with Crippen LogP contribution in [0.3, 0.4) is 0 Å². The van der Waals surface area contributed by atoms with Crippen molar-refractivity contribution < 1.29 is 4.74 Å². The largest absolute Gasteiger partial charge is 0.380 e. The minimum absolute atomic E-state index is 0.758. The van der Waals surface area contributed by atoms with Gasteiger partial charge in [-0.3, -0.25) is 0 Å². The Hall–Kier alpha value is -0.650. The van der Waals surface area contributed by atoms with Crippen LogP contribution in [0.15, 0.2) is 5.38 Å². The number of nitrogens with one attached hydrogen (secondary N) is 1. The van der Waals surface area contributed by atoms with Gasteiger partial charge in [-0.15, -0.1) is 11.3 Å². The van der Waals surface area contributed by atoms with Gasteiger partial charge in [0.25, 0.3) is 0 Å². The molecule has 1 aromatic heterocycles. The molecule has 0 aliphatic carbocycles. The summed E-state index contributed by atoms with van der Waals surface area (Å²) in [5.41, 5.74) is 1.10. The van der Waals surface area contributed by atoms with Gasteiger partial charge in [0.2, 0.25) is 0 Å². The van der Waals surface area contributed by atoms with Crippen molar-refractivity contribution in [2.24, 2.45) is 0 Å². The van der Waals surface area contributed by atoms with Crippen molar-refractivity contribution in [1.29, 1.82) is 0 Å². The lowest BCUT2D eigenvalue weighted by Crippen LogP contribution is -2.22. The number of hydrogen-bond donors (Lipinski definition) is 1. The first kappa shape index (κ1) is 12.4. The highest BCUT2D eigenvalue weighted by molar-refractivity contribution is 7.13. The molecule has 0 aliphatic rings. The highest BCUT2D eigenvalue weighted by atomic mass is 32.1. The Kier molecular flexibility index (Phi) is 5.60. The predicted octanol–water partition coefficient (Wildman–Crippen LogP) is 1.34. The van der Waals surface area contributed by atoms with E-state index in [9.17, 15) is 0 Å². The number of ether oxygens (including phenoxy) is 1. The summed E-state index contributed by atoms with van der Waals surface area (Å²) < 4.78 is 5.30. The summed E-state index contributed by atoms with van der Waals surface area (Å²) in [4.78, 5) is 6.63. The van der Waals surface area contributed by atoms with Gasteiger partial charge in [-0.25, -0.2) is 4.98 Å². The molecule has 0 bridgehead atoms. The number of anilines is 1. The molecule has 0 saturated carbocycles. The molecule has 1 heterocycles. The molecule has 0 amide bonds. The van der Waals surface area contributed by atoms with E-state index in [0.717, 1.165) is 37.1 Å². The molecule has 0 saturated heterocycles. The highest BCUT2D eigenvalue weighted by Gasteiger charge is 2.05. The number of nitrogens with zero attached hydrogens (tertiary/aromatic N) is 2. The molecule has 1 aromatic rings. The van der Waals surface area contributed by atoms with E-state index in [-0.39, 0.29) is 0 Å². The van der Waals surface area contributed by atoms with Crippen LogP contribution in [0.1, 0.15) is 12.6 Å². The van der Waals surface area contributed by atoms with Crippen molar-refractivity contribution in [1.82, 2.24) is 10.3 Å². The van der Waals surface area contributed by atoms with Crippen LogP contribution in [-0.2, 0) is 11.3 Å². The summed E-state index contributed by atoms with van der Waals surface area (Å²) in [7, 11) is 3.97. The van der Waals surface area contributed by atoms with Crippen LogP contribution >= 0.6 is 11.3 Å². The van der Waals surface area contributed by atoms with E-state index in [1.165, 1.54) is 0 Å². The maximum atomic E-state index is 5.30. The predicted molar refractivity (Wildman–Crippen MR) is 64.6 cm³/mol. The molecule has 4 nitrogen and oxygen atoms in total. The zero-order valence-corrected chi connectivity index (χ0v) is 10.4. The summed E-state index contributed by atoms with van der Waals surface area (Å²) in [5.74, 6) is 0. The molecule has 5 heteroatoms. The smallest absolute Gasteiger partial charge is 0.185 e. The molecular weight excluding hydrogens is 210 g/mol. The van der Waals surface area contributed by atoms with Crippen LogP contribution < -0.4 is 10.2 Å². The molecule has 0 spiro atoms. The topological polar surface area (TPSA) is 37.4 Å². The van der Waals surface area contributed by atoms with Crippen LogP contribution in [0.5, 0.6) is 0 Å². The summed E-state index contributed by atoms with van der Waals surface area (Å²) in [6, 6.07) is 0. The molecular formula is C10H19N3OS. The van der Waals surface area contributed by atoms with Crippen molar-refractivity contribution in [2.45, 2.75) is 13.5 Å². The maximum Gasteiger partial charge on any atom is 0.185 e. The average Bonchev–Trinajstić information content (AvgIpc) is 2.67. The molecule has 15 heavy (non-hydrogen) atoms. The van der Waals surface area contributed by atoms with Gasteiger partial charge in [0.15, 0.2) is 5.13 Å². The summed E-state index contributed by atoms with van der Waals surface area (Å²) in [6.45, 7) is 5.26. The lowest BCUT2D eigenvalue weighted by molar-refractivity contribution is 0.154. The first-order valence-corrected chi connectivity index (χ1v) is 6.03. The molecule has 0 radical (unpaired) electrons. The fraction of sp³-hybridized carbons (Fsp3) is 0.700. The monoisotopic (exact) mass is 229 g/mol. The van der Waals surface area contributed by atoms with Crippen molar-refractivity contribution in [3.63, 3.8) is 0 Å². The first-order valence-electron chi connectivity index (χ1n) is 5.15. The van der Waals surface area contributed by atoms with Crippen molar-refractivity contribution >= 4 is 16.5 Å². The number of aromatic nitrogens is 1. The molecule has 0 unspecified atom stereocenters. The standard InChI is InChI=1S/C10H19N3OS/c1-4-14-6-5-13(3)10-12-9(7-11-2)8-15-10/h8,11H,4-7H2,1-3H3. The Balaban J connectivity index is 2.39. The molecule has 0 fully saturated rings. The van der Waals surface area contributed by atoms with Crippen LogP contribution in [0.25, 0.3) is 0 Å². The second-order valence-corrected chi connectivity index (χ2v) is 4.11. The Labute approximate surface area is 95.3 Å². The van der Waals surface area contributed by atoms with Crippen molar-refractivity contribution in [3.8, 4) is 0 Å². The maximum absolute atomic E-state index is 5.30. The van der Waals surface area contributed by atoms with Gasteiger partial charge in [0.05, 0.1) is 12.3 Å². The molecule has 0 aliphatic heterocycles. The summed E-state index contributed by atoms with van der Waals surface area (Å²) >= 11 is 1.67. The third kappa shape index (κ3) is 4.15.